The van der Waals surface area contributed by atoms with Crippen LogP contribution in [0.15, 0.2) is 4.99 Å². The molecule has 0 aromatic heterocycles. The van der Waals surface area contributed by atoms with Crippen molar-refractivity contribution in [1.82, 2.24) is 20.0 Å². The third-order valence-electron chi connectivity index (χ3n) is 5.70. The largest absolute Gasteiger partial charge is 0.355 e. The summed E-state index contributed by atoms with van der Waals surface area (Å²) in [5.74, 6) is 1.08. The molecule has 142 valence electrons. The second-order valence-corrected chi connectivity index (χ2v) is 7.00. The molecule has 0 aromatic rings. The average Bonchev–Trinajstić information content (AvgIpc) is 3.24. The van der Waals surface area contributed by atoms with Crippen molar-refractivity contribution in [2.45, 2.75) is 58.0 Å². The second kappa shape index (κ2) is 11.5. The van der Waals surface area contributed by atoms with Crippen LogP contribution in [0.5, 0.6) is 0 Å². The van der Waals surface area contributed by atoms with E-state index < -0.39 is 0 Å². The van der Waals surface area contributed by atoms with Crippen LogP contribution in [0.3, 0.4) is 0 Å². The van der Waals surface area contributed by atoms with Crippen LogP contribution in [-0.4, -0.2) is 86.1 Å². The molecular weight excluding hydrogens is 413 g/mol. The van der Waals surface area contributed by atoms with Crippen molar-refractivity contribution in [2.75, 3.05) is 53.4 Å². The SMILES string of the molecule is CCN(CC)C1CCN(C(=NC)NCCN(C)C2CCCC2)C1.I. The second-order valence-electron chi connectivity index (χ2n) is 7.00. The summed E-state index contributed by atoms with van der Waals surface area (Å²) in [7, 11) is 4.18. The van der Waals surface area contributed by atoms with Gasteiger partial charge in [-0.3, -0.25) is 9.89 Å². The fourth-order valence-corrected chi connectivity index (χ4v) is 4.18. The van der Waals surface area contributed by atoms with Crippen molar-refractivity contribution in [2.24, 2.45) is 4.99 Å². The number of rotatable bonds is 7. The first kappa shape index (κ1) is 22.0. The van der Waals surface area contributed by atoms with Crippen LogP contribution in [0.4, 0.5) is 0 Å². The molecule has 1 atom stereocenters. The highest BCUT2D eigenvalue weighted by Crippen LogP contribution is 2.21. The molecule has 0 amide bonds. The highest BCUT2D eigenvalue weighted by Gasteiger charge is 2.28. The van der Waals surface area contributed by atoms with Gasteiger partial charge in [-0.2, -0.15) is 0 Å². The number of nitrogens with zero attached hydrogens (tertiary/aromatic N) is 4. The van der Waals surface area contributed by atoms with Gasteiger partial charge in [-0.25, -0.2) is 0 Å². The van der Waals surface area contributed by atoms with Crippen LogP contribution in [0.25, 0.3) is 0 Å². The molecule has 0 spiro atoms. The van der Waals surface area contributed by atoms with E-state index >= 15 is 0 Å². The summed E-state index contributed by atoms with van der Waals surface area (Å²) in [6.45, 7) is 11.2. The van der Waals surface area contributed by atoms with Crippen molar-refractivity contribution in [3.05, 3.63) is 0 Å². The van der Waals surface area contributed by atoms with Gasteiger partial charge in [0.1, 0.15) is 0 Å². The standard InChI is InChI=1S/C18H37N5.HI/c1-5-22(6-2)17-11-13-23(15-17)18(19-3)20-12-14-21(4)16-9-7-8-10-16;/h16-17H,5-15H2,1-4H3,(H,19,20);1H. The number of hydrogen-bond acceptors (Lipinski definition) is 3. The lowest BCUT2D eigenvalue weighted by Gasteiger charge is -2.28. The Morgan fingerprint density at radius 3 is 2.38 bits per heavy atom. The molecule has 2 rings (SSSR count). The van der Waals surface area contributed by atoms with E-state index in [4.69, 9.17) is 0 Å². The molecular formula is C18H38IN5. The topological polar surface area (TPSA) is 34.1 Å². The Labute approximate surface area is 166 Å². The number of nitrogens with one attached hydrogen (secondary N) is 1. The summed E-state index contributed by atoms with van der Waals surface area (Å²) in [5.41, 5.74) is 0. The Morgan fingerprint density at radius 1 is 1.12 bits per heavy atom. The number of aliphatic imine (C=N–C) groups is 1. The van der Waals surface area contributed by atoms with E-state index in [0.29, 0.717) is 6.04 Å². The lowest BCUT2D eigenvalue weighted by Crippen LogP contribution is -2.45. The number of halogens is 1. The first-order chi connectivity index (χ1) is 11.2. The molecule has 0 radical (unpaired) electrons. The van der Waals surface area contributed by atoms with Crippen LogP contribution >= 0.6 is 24.0 Å². The van der Waals surface area contributed by atoms with Crippen LogP contribution in [0, 0.1) is 0 Å². The van der Waals surface area contributed by atoms with Gasteiger partial charge < -0.3 is 15.1 Å². The fraction of sp³-hybridized carbons (Fsp3) is 0.944. The lowest BCUT2D eigenvalue weighted by atomic mass is 10.2. The maximum Gasteiger partial charge on any atom is 0.193 e. The molecule has 1 aliphatic heterocycles. The molecule has 1 unspecified atom stereocenters. The van der Waals surface area contributed by atoms with E-state index in [1.807, 2.05) is 7.05 Å². The Balaban J connectivity index is 0.00000288. The summed E-state index contributed by atoms with van der Waals surface area (Å²) in [6.07, 6.45) is 6.82. The summed E-state index contributed by atoms with van der Waals surface area (Å²) in [4.78, 5) is 12.0. The summed E-state index contributed by atoms with van der Waals surface area (Å²) in [5, 5.41) is 3.58. The smallest absolute Gasteiger partial charge is 0.193 e. The minimum absolute atomic E-state index is 0. The molecule has 6 heteroatoms. The summed E-state index contributed by atoms with van der Waals surface area (Å²) < 4.78 is 0. The van der Waals surface area contributed by atoms with E-state index in [0.717, 1.165) is 51.3 Å². The van der Waals surface area contributed by atoms with Gasteiger partial charge in [0, 0.05) is 45.3 Å². The molecule has 0 bridgehead atoms. The number of guanidine groups is 1. The maximum atomic E-state index is 4.50. The van der Waals surface area contributed by atoms with Gasteiger partial charge in [0.15, 0.2) is 5.96 Å². The molecule has 1 N–H and O–H groups in total. The molecule has 5 nitrogen and oxygen atoms in total. The Morgan fingerprint density at radius 2 is 1.79 bits per heavy atom. The zero-order chi connectivity index (χ0) is 16.7. The average molecular weight is 451 g/mol. The lowest BCUT2D eigenvalue weighted by molar-refractivity contribution is 0.223. The molecule has 1 aliphatic carbocycles. The van der Waals surface area contributed by atoms with E-state index in [9.17, 15) is 0 Å². The normalized spacial score (nSPS) is 22.5. The third-order valence-corrected chi connectivity index (χ3v) is 5.70. The first-order valence-electron chi connectivity index (χ1n) is 9.59. The van der Waals surface area contributed by atoms with Crippen LogP contribution in [-0.2, 0) is 0 Å². The minimum Gasteiger partial charge on any atom is -0.355 e. The highest BCUT2D eigenvalue weighted by atomic mass is 127. The van der Waals surface area contributed by atoms with Crippen molar-refractivity contribution in [1.29, 1.82) is 0 Å². The molecule has 1 heterocycles. The van der Waals surface area contributed by atoms with Crippen molar-refractivity contribution < 1.29 is 0 Å². The number of hydrogen-bond donors (Lipinski definition) is 1. The van der Waals surface area contributed by atoms with E-state index in [1.54, 1.807) is 0 Å². The summed E-state index contributed by atoms with van der Waals surface area (Å²) in [6, 6.07) is 1.49. The van der Waals surface area contributed by atoms with Crippen LogP contribution < -0.4 is 5.32 Å². The van der Waals surface area contributed by atoms with Crippen molar-refractivity contribution in [3.63, 3.8) is 0 Å². The Kier molecular flexibility index (Phi) is 10.5. The fourth-order valence-electron chi connectivity index (χ4n) is 4.18. The highest BCUT2D eigenvalue weighted by molar-refractivity contribution is 14.0. The van der Waals surface area contributed by atoms with Gasteiger partial charge in [0.2, 0.25) is 0 Å². The Hall–Kier alpha value is -0.0800. The molecule has 1 saturated carbocycles. The molecule has 0 aromatic carbocycles. The van der Waals surface area contributed by atoms with Crippen LogP contribution in [0.2, 0.25) is 0 Å². The molecule has 2 fully saturated rings. The predicted molar refractivity (Wildman–Crippen MR) is 115 cm³/mol. The monoisotopic (exact) mass is 451 g/mol. The number of likely N-dealkylation sites (N-methyl/N-ethyl adjacent to an activating group) is 2. The zero-order valence-electron chi connectivity index (χ0n) is 16.1. The molecule has 24 heavy (non-hydrogen) atoms. The molecule has 2 aliphatic rings. The van der Waals surface area contributed by atoms with E-state index in [1.165, 1.54) is 32.1 Å². The van der Waals surface area contributed by atoms with Gasteiger partial charge in [-0.1, -0.05) is 26.7 Å². The Bertz CT molecular complexity index is 366. The zero-order valence-corrected chi connectivity index (χ0v) is 18.5. The molecule has 1 saturated heterocycles. The van der Waals surface area contributed by atoms with Gasteiger partial charge in [0.05, 0.1) is 0 Å². The van der Waals surface area contributed by atoms with Gasteiger partial charge >= 0.3 is 0 Å². The first-order valence-corrected chi connectivity index (χ1v) is 9.59. The van der Waals surface area contributed by atoms with E-state index in [2.05, 4.69) is 45.9 Å². The van der Waals surface area contributed by atoms with Crippen molar-refractivity contribution in [3.8, 4) is 0 Å². The van der Waals surface area contributed by atoms with Crippen LogP contribution in [0.1, 0.15) is 46.0 Å². The van der Waals surface area contributed by atoms with Gasteiger partial charge in [-0.15, -0.1) is 24.0 Å². The van der Waals surface area contributed by atoms with Gasteiger partial charge in [0.25, 0.3) is 0 Å². The van der Waals surface area contributed by atoms with Crippen molar-refractivity contribution >= 4 is 29.9 Å². The maximum absolute atomic E-state index is 4.50. The predicted octanol–water partition coefficient (Wildman–Crippen LogP) is 2.47. The van der Waals surface area contributed by atoms with Gasteiger partial charge in [-0.05, 0) is 39.4 Å². The quantitative estimate of drug-likeness (QED) is 0.367. The summed E-state index contributed by atoms with van der Waals surface area (Å²) >= 11 is 0. The third kappa shape index (κ3) is 6.02. The van der Waals surface area contributed by atoms with E-state index in [-0.39, 0.29) is 24.0 Å². The minimum atomic E-state index is 0. The number of likely N-dealkylation sites (tertiary alicyclic amines) is 1.